The van der Waals surface area contributed by atoms with E-state index in [9.17, 15) is 8.42 Å². The van der Waals surface area contributed by atoms with Gasteiger partial charge in [0.1, 0.15) is 11.5 Å². The lowest BCUT2D eigenvalue weighted by Crippen LogP contribution is -2.38. The van der Waals surface area contributed by atoms with Crippen LogP contribution in [0, 0.1) is 0 Å². The van der Waals surface area contributed by atoms with E-state index in [1.54, 1.807) is 31.7 Å². The Hall–Kier alpha value is -2.35. The van der Waals surface area contributed by atoms with Gasteiger partial charge >= 0.3 is 0 Å². The zero-order valence-corrected chi connectivity index (χ0v) is 19.4. The van der Waals surface area contributed by atoms with Crippen molar-refractivity contribution in [1.82, 2.24) is 4.31 Å². The van der Waals surface area contributed by atoms with E-state index in [1.165, 1.54) is 0 Å². The second-order valence-electron chi connectivity index (χ2n) is 7.28. The van der Waals surface area contributed by atoms with Gasteiger partial charge in [-0.3, -0.25) is 0 Å². The minimum atomic E-state index is -3.59. The fourth-order valence-electron chi connectivity index (χ4n) is 3.31. The summed E-state index contributed by atoms with van der Waals surface area (Å²) in [5, 5.41) is -0.540. The van der Waals surface area contributed by atoms with Crippen LogP contribution in [0.15, 0.2) is 61.2 Å². The van der Waals surface area contributed by atoms with Gasteiger partial charge in [0.2, 0.25) is 10.0 Å². The highest BCUT2D eigenvalue weighted by atomic mass is 32.2. The summed E-state index contributed by atoms with van der Waals surface area (Å²) >= 11 is 0. The number of rotatable bonds is 14. The van der Waals surface area contributed by atoms with Crippen molar-refractivity contribution < 1.29 is 22.6 Å². The quantitative estimate of drug-likeness (QED) is 0.402. The second-order valence-corrected chi connectivity index (χ2v) is 9.49. The molecule has 0 bridgehead atoms. The second kappa shape index (κ2) is 12.5. The Bertz CT molecular complexity index is 845. The van der Waals surface area contributed by atoms with Gasteiger partial charge in [-0.2, -0.15) is 4.31 Å². The van der Waals surface area contributed by atoms with E-state index in [-0.39, 0.29) is 13.1 Å². The van der Waals surface area contributed by atoms with E-state index in [2.05, 4.69) is 6.58 Å². The molecule has 6 nitrogen and oxygen atoms in total. The largest absolute Gasteiger partial charge is 0.497 e. The van der Waals surface area contributed by atoms with Crippen LogP contribution >= 0.6 is 0 Å². The standard InChI is InChI=1S/C24H33NO5S/c1-5-6-7-24(16-17-28-2)31(26,27)25(18-20-8-12-22(29-3)13-9-20)19-21-10-14-23(30-4)15-11-21/h5,8-15,24H,1,6-7,16-19H2,2-4H3/t24-/m1/s1. The highest BCUT2D eigenvalue weighted by Crippen LogP contribution is 2.24. The number of hydrogen-bond donors (Lipinski definition) is 0. The Morgan fingerprint density at radius 2 is 1.35 bits per heavy atom. The molecule has 2 aromatic rings. The first kappa shape index (κ1) is 24.9. The number of benzene rings is 2. The first-order valence-corrected chi connectivity index (χ1v) is 11.8. The van der Waals surface area contributed by atoms with E-state index in [1.807, 2.05) is 48.5 Å². The zero-order chi connectivity index (χ0) is 22.7. The maximum absolute atomic E-state index is 13.7. The molecule has 0 amide bonds. The third kappa shape index (κ3) is 7.38. The van der Waals surface area contributed by atoms with Gasteiger partial charge in [-0.1, -0.05) is 30.3 Å². The van der Waals surface area contributed by atoms with Crippen LogP contribution in [0.25, 0.3) is 0 Å². The summed E-state index contributed by atoms with van der Waals surface area (Å²) < 4.78 is 44.5. The average molecular weight is 448 g/mol. The van der Waals surface area contributed by atoms with Gasteiger partial charge in [0.05, 0.1) is 19.5 Å². The fraction of sp³-hybridized carbons (Fsp3) is 0.417. The van der Waals surface area contributed by atoms with Crippen LogP contribution in [0.5, 0.6) is 11.5 Å². The van der Waals surface area contributed by atoms with Crippen molar-refractivity contribution in [2.45, 2.75) is 37.6 Å². The normalized spacial score (nSPS) is 12.5. The number of nitrogens with zero attached hydrogens (tertiary/aromatic N) is 1. The van der Waals surface area contributed by atoms with E-state index >= 15 is 0 Å². The van der Waals surface area contributed by atoms with Crippen LogP contribution in [-0.2, 0) is 27.8 Å². The summed E-state index contributed by atoms with van der Waals surface area (Å²) in [7, 11) is 1.21. The average Bonchev–Trinajstić information content (AvgIpc) is 2.79. The van der Waals surface area contributed by atoms with Gasteiger partial charge in [-0.15, -0.1) is 6.58 Å². The van der Waals surface area contributed by atoms with Crippen LogP contribution in [0.4, 0.5) is 0 Å². The third-order valence-corrected chi connectivity index (χ3v) is 7.45. The van der Waals surface area contributed by atoms with Gasteiger partial charge < -0.3 is 14.2 Å². The van der Waals surface area contributed by atoms with E-state index < -0.39 is 15.3 Å². The molecule has 0 aromatic heterocycles. The predicted octanol–water partition coefficient (Wildman–Crippen LogP) is 4.41. The maximum Gasteiger partial charge on any atom is 0.217 e. The predicted molar refractivity (Wildman–Crippen MR) is 124 cm³/mol. The van der Waals surface area contributed by atoms with E-state index in [0.717, 1.165) is 22.6 Å². The molecule has 0 aliphatic carbocycles. The first-order valence-electron chi connectivity index (χ1n) is 10.3. The Kier molecular flexibility index (Phi) is 10.0. The molecule has 7 heteroatoms. The van der Waals surface area contributed by atoms with Crippen LogP contribution < -0.4 is 9.47 Å². The fourth-order valence-corrected chi connectivity index (χ4v) is 5.22. The topological polar surface area (TPSA) is 65.1 Å². The zero-order valence-electron chi connectivity index (χ0n) is 18.6. The minimum Gasteiger partial charge on any atom is -0.497 e. The van der Waals surface area contributed by atoms with Crippen molar-refractivity contribution in [1.29, 1.82) is 0 Å². The summed E-state index contributed by atoms with van der Waals surface area (Å²) in [5.74, 6) is 1.47. The molecule has 0 spiro atoms. The number of hydrogen-bond acceptors (Lipinski definition) is 5. The maximum atomic E-state index is 13.7. The summed E-state index contributed by atoms with van der Waals surface area (Å²) in [6.07, 6.45) is 3.34. The molecule has 0 aliphatic heterocycles. The highest BCUT2D eigenvalue weighted by molar-refractivity contribution is 7.89. The molecule has 2 rings (SSSR count). The van der Waals surface area contributed by atoms with Crippen molar-refractivity contribution in [2.24, 2.45) is 0 Å². The molecule has 0 heterocycles. The molecule has 0 N–H and O–H groups in total. The van der Waals surface area contributed by atoms with Crippen molar-refractivity contribution in [3.63, 3.8) is 0 Å². The molecule has 1 atom stereocenters. The van der Waals surface area contributed by atoms with Crippen molar-refractivity contribution in [2.75, 3.05) is 27.9 Å². The lowest BCUT2D eigenvalue weighted by Gasteiger charge is -2.28. The molecule has 0 saturated carbocycles. The van der Waals surface area contributed by atoms with Gasteiger partial charge in [0.25, 0.3) is 0 Å². The van der Waals surface area contributed by atoms with E-state index in [0.29, 0.717) is 25.9 Å². The molecule has 0 radical (unpaired) electrons. The molecule has 170 valence electrons. The Morgan fingerprint density at radius 3 is 1.74 bits per heavy atom. The van der Waals surface area contributed by atoms with Crippen molar-refractivity contribution >= 4 is 10.0 Å². The monoisotopic (exact) mass is 447 g/mol. The Morgan fingerprint density at radius 1 is 0.871 bits per heavy atom. The molecular weight excluding hydrogens is 414 g/mol. The minimum absolute atomic E-state index is 0.274. The number of allylic oxidation sites excluding steroid dienone is 1. The molecule has 0 aliphatic rings. The Balaban J connectivity index is 2.34. The lowest BCUT2D eigenvalue weighted by atomic mass is 10.2. The number of ether oxygens (including phenoxy) is 3. The summed E-state index contributed by atoms with van der Waals surface area (Å²) in [4.78, 5) is 0. The molecule has 2 aromatic carbocycles. The smallest absolute Gasteiger partial charge is 0.217 e. The van der Waals surface area contributed by atoms with Gasteiger partial charge in [-0.05, 0) is 54.7 Å². The summed E-state index contributed by atoms with van der Waals surface area (Å²) in [6, 6.07) is 14.9. The molecule has 0 saturated heterocycles. The third-order valence-electron chi connectivity index (χ3n) is 5.15. The van der Waals surface area contributed by atoms with E-state index in [4.69, 9.17) is 14.2 Å². The van der Waals surface area contributed by atoms with Crippen LogP contribution in [0.3, 0.4) is 0 Å². The Labute approximate surface area is 186 Å². The SMILES string of the molecule is C=CCC[C@H](CCOC)S(=O)(=O)N(Cc1ccc(OC)cc1)Cc1ccc(OC)cc1. The number of sulfonamides is 1. The molecule has 0 fully saturated rings. The summed E-state index contributed by atoms with van der Waals surface area (Å²) in [6.45, 7) is 4.68. The molecule has 0 unspecified atom stereocenters. The lowest BCUT2D eigenvalue weighted by molar-refractivity contribution is 0.191. The van der Waals surface area contributed by atoms with Crippen LogP contribution in [-0.4, -0.2) is 45.9 Å². The summed E-state index contributed by atoms with van der Waals surface area (Å²) in [5.41, 5.74) is 1.79. The van der Waals surface area contributed by atoms with Crippen LogP contribution in [0.2, 0.25) is 0 Å². The van der Waals surface area contributed by atoms with Crippen molar-refractivity contribution in [3.05, 3.63) is 72.3 Å². The molecule has 31 heavy (non-hydrogen) atoms. The highest BCUT2D eigenvalue weighted by Gasteiger charge is 2.31. The number of methoxy groups -OCH3 is 3. The molecular formula is C24H33NO5S. The first-order chi connectivity index (χ1) is 14.9. The van der Waals surface area contributed by atoms with Crippen molar-refractivity contribution in [3.8, 4) is 11.5 Å². The van der Waals surface area contributed by atoms with Gasteiger partial charge in [0.15, 0.2) is 0 Å². The van der Waals surface area contributed by atoms with Crippen LogP contribution in [0.1, 0.15) is 30.4 Å². The van der Waals surface area contributed by atoms with Gasteiger partial charge in [-0.25, -0.2) is 8.42 Å². The van der Waals surface area contributed by atoms with Gasteiger partial charge in [0, 0.05) is 26.8 Å².